The summed E-state index contributed by atoms with van der Waals surface area (Å²) in [5.74, 6) is 0.883. The van der Waals surface area contributed by atoms with Crippen LogP contribution in [-0.2, 0) is 4.74 Å². The van der Waals surface area contributed by atoms with E-state index in [9.17, 15) is 0 Å². The van der Waals surface area contributed by atoms with Crippen molar-refractivity contribution in [3.05, 3.63) is 22.6 Å². The van der Waals surface area contributed by atoms with Crippen LogP contribution in [-0.4, -0.2) is 36.7 Å². The molecule has 1 saturated heterocycles. The fourth-order valence-corrected chi connectivity index (χ4v) is 4.04. The summed E-state index contributed by atoms with van der Waals surface area (Å²) in [5.41, 5.74) is 6.65. The van der Waals surface area contributed by atoms with E-state index in [1.165, 1.54) is 12.8 Å². The summed E-state index contributed by atoms with van der Waals surface area (Å²) >= 11 is 3.55. The molecule has 2 N–H and O–H groups in total. The molecule has 5 heteroatoms. The minimum Gasteiger partial charge on any atom is -0.466 e. The first-order valence-electron chi connectivity index (χ1n) is 7.05. The Kier molecular flexibility index (Phi) is 3.98. The Bertz CT molecular complexity index is 423. The second-order valence-electron chi connectivity index (χ2n) is 5.52. The molecule has 4 nitrogen and oxygen atoms in total. The lowest BCUT2D eigenvalue weighted by Gasteiger charge is -2.46. The fraction of sp³-hybridized carbons (Fsp3) is 0.714. The lowest BCUT2D eigenvalue weighted by atomic mass is 9.84. The molecule has 0 bridgehead atoms. The maximum atomic E-state index is 6.61. The Morgan fingerprint density at radius 2 is 1.95 bits per heavy atom. The van der Waals surface area contributed by atoms with E-state index in [0.29, 0.717) is 0 Å². The SMILES string of the molecule is NC(c1occc1Br)C1(N2CCOCC2)CCCC1. The number of nitrogens with zero attached hydrogens (tertiary/aromatic N) is 1. The molecule has 1 aliphatic carbocycles. The molecule has 106 valence electrons. The lowest BCUT2D eigenvalue weighted by molar-refractivity contribution is -0.0336. The molecule has 1 saturated carbocycles. The first-order chi connectivity index (χ1) is 9.24. The van der Waals surface area contributed by atoms with Crippen LogP contribution >= 0.6 is 15.9 Å². The molecule has 0 radical (unpaired) electrons. The molecule has 2 fully saturated rings. The number of morpholine rings is 1. The monoisotopic (exact) mass is 328 g/mol. The second kappa shape index (κ2) is 5.56. The summed E-state index contributed by atoms with van der Waals surface area (Å²) in [6.07, 6.45) is 6.52. The van der Waals surface area contributed by atoms with Gasteiger partial charge in [-0.05, 0) is 34.8 Å². The molecule has 1 aromatic rings. The highest BCUT2D eigenvalue weighted by atomic mass is 79.9. The molecule has 2 aliphatic rings. The van der Waals surface area contributed by atoms with Crippen LogP contribution in [0, 0.1) is 0 Å². The van der Waals surface area contributed by atoms with Crippen LogP contribution in [0.15, 0.2) is 21.2 Å². The van der Waals surface area contributed by atoms with Gasteiger partial charge in [0.2, 0.25) is 0 Å². The summed E-state index contributed by atoms with van der Waals surface area (Å²) < 4.78 is 12.1. The lowest BCUT2D eigenvalue weighted by Crippen LogP contribution is -2.57. The number of hydrogen-bond acceptors (Lipinski definition) is 4. The Morgan fingerprint density at radius 1 is 1.26 bits per heavy atom. The maximum Gasteiger partial charge on any atom is 0.136 e. The van der Waals surface area contributed by atoms with Gasteiger partial charge in [-0.3, -0.25) is 4.90 Å². The van der Waals surface area contributed by atoms with E-state index in [-0.39, 0.29) is 11.6 Å². The van der Waals surface area contributed by atoms with Crippen molar-refractivity contribution in [2.75, 3.05) is 26.3 Å². The van der Waals surface area contributed by atoms with Crippen molar-refractivity contribution in [2.24, 2.45) is 5.73 Å². The third-order valence-corrected chi connectivity index (χ3v) is 5.27. The van der Waals surface area contributed by atoms with Gasteiger partial charge in [0.1, 0.15) is 5.76 Å². The number of hydrogen-bond donors (Lipinski definition) is 1. The summed E-state index contributed by atoms with van der Waals surface area (Å²) in [5, 5.41) is 0. The van der Waals surface area contributed by atoms with Crippen LogP contribution in [0.4, 0.5) is 0 Å². The minimum atomic E-state index is -0.0718. The predicted octanol–water partition coefficient (Wildman–Crippen LogP) is 2.69. The van der Waals surface area contributed by atoms with Crippen molar-refractivity contribution in [2.45, 2.75) is 37.3 Å². The van der Waals surface area contributed by atoms with E-state index >= 15 is 0 Å². The Balaban J connectivity index is 1.89. The van der Waals surface area contributed by atoms with Gasteiger partial charge in [0, 0.05) is 18.6 Å². The highest BCUT2D eigenvalue weighted by molar-refractivity contribution is 9.10. The van der Waals surface area contributed by atoms with Gasteiger partial charge in [0.15, 0.2) is 0 Å². The molecule has 19 heavy (non-hydrogen) atoms. The molecule has 1 aliphatic heterocycles. The van der Waals surface area contributed by atoms with E-state index in [0.717, 1.165) is 49.4 Å². The van der Waals surface area contributed by atoms with Gasteiger partial charge in [-0.25, -0.2) is 0 Å². The first kappa shape index (κ1) is 13.6. The zero-order valence-corrected chi connectivity index (χ0v) is 12.7. The van der Waals surface area contributed by atoms with E-state index < -0.39 is 0 Å². The quantitative estimate of drug-likeness (QED) is 0.926. The highest BCUT2D eigenvalue weighted by Crippen LogP contribution is 2.45. The van der Waals surface area contributed by atoms with Gasteiger partial charge in [-0.15, -0.1) is 0 Å². The van der Waals surface area contributed by atoms with Crippen LogP contribution in [0.5, 0.6) is 0 Å². The van der Waals surface area contributed by atoms with Gasteiger partial charge >= 0.3 is 0 Å². The van der Waals surface area contributed by atoms with Gasteiger partial charge < -0.3 is 14.9 Å². The number of nitrogens with two attached hydrogens (primary N) is 1. The molecule has 0 spiro atoms. The van der Waals surface area contributed by atoms with Crippen LogP contribution < -0.4 is 5.73 Å². The van der Waals surface area contributed by atoms with E-state index in [2.05, 4.69) is 20.8 Å². The van der Waals surface area contributed by atoms with Crippen molar-refractivity contribution in [3.8, 4) is 0 Å². The van der Waals surface area contributed by atoms with Gasteiger partial charge in [-0.1, -0.05) is 12.8 Å². The molecule has 1 atom stereocenters. The average molecular weight is 329 g/mol. The zero-order chi connectivity index (χ0) is 13.3. The normalized spacial score (nSPS) is 25.6. The summed E-state index contributed by atoms with van der Waals surface area (Å²) in [6, 6.07) is 1.86. The molecule has 1 unspecified atom stereocenters. The van der Waals surface area contributed by atoms with Gasteiger partial charge in [0.25, 0.3) is 0 Å². The number of halogens is 1. The van der Waals surface area contributed by atoms with E-state index in [1.807, 2.05) is 6.07 Å². The fourth-order valence-electron chi connectivity index (χ4n) is 3.59. The molecule has 1 aromatic heterocycles. The standard InChI is InChI=1S/C14H21BrN2O2/c15-11-3-8-19-12(11)13(16)14(4-1-2-5-14)17-6-9-18-10-7-17/h3,8,13H,1-2,4-7,9-10,16H2. The zero-order valence-electron chi connectivity index (χ0n) is 11.1. The van der Waals surface area contributed by atoms with Crippen LogP contribution in [0.3, 0.4) is 0 Å². The molecule has 0 aromatic carbocycles. The summed E-state index contributed by atoms with van der Waals surface area (Å²) in [4.78, 5) is 2.53. The van der Waals surface area contributed by atoms with Crippen molar-refractivity contribution >= 4 is 15.9 Å². The Labute approximate surface area is 122 Å². The second-order valence-corrected chi connectivity index (χ2v) is 6.37. The number of rotatable bonds is 3. The molecule has 3 rings (SSSR count). The van der Waals surface area contributed by atoms with Crippen LogP contribution in [0.2, 0.25) is 0 Å². The number of furan rings is 1. The van der Waals surface area contributed by atoms with Crippen molar-refractivity contribution in [3.63, 3.8) is 0 Å². The smallest absolute Gasteiger partial charge is 0.136 e. The molecular formula is C14H21BrN2O2. The summed E-state index contributed by atoms with van der Waals surface area (Å²) in [6.45, 7) is 3.58. The number of ether oxygens (including phenoxy) is 1. The average Bonchev–Trinajstić information content (AvgIpc) is 3.08. The third kappa shape index (κ3) is 2.37. The molecular weight excluding hydrogens is 308 g/mol. The van der Waals surface area contributed by atoms with Crippen molar-refractivity contribution in [1.82, 2.24) is 4.90 Å². The highest BCUT2D eigenvalue weighted by Gasteiger charge is 2.47. The molecule has 0 amide bonds. The van der Waals surface area contributed by atoms with E-state index in [4.69, 9.17) is 14.9 Å². The Morgan fingerprint density at radius 3 is 2.53 bits per heavy atom. The van der Waals surface area contributed by atoms with Crippen molar-refractivity contribution < 1.29 is 9.15 Å². The van der Waals surface area contributed by atoms with Crippen LogP contribution in [0.25, 0.3) is 0 Å². The van der Waals surface area contributed by atoms with E-state index in [1.54, 1.807) is 6.26 Å². The largest absolute Gasteiger partial charge is 0.466 e. The summed E-state index contributed by atoms with van der Waals surface area (Å²) in [7, 11) is 0. The maximum absolute atomic E-state index is 6.61. The van der Waals surface area contributed by atoms with Gasteiger partial charge in [0.05, 0.1) is 30.0 Å². The Hall–Kier alpha value is -0.360. The van der Waals surface area contributed by atoms with Crippen LogP contribution in [0.1, 0.15) is 37.5 Å². The first-order valence-corrected chi connectivity index (χ1v) is 7.85. The topological polar surface area (TPSA) is 51.6 Å². The minimum absolute atomic E-state index is 0.0458. The predicted molar refractivity (Wildman–Crippen MR) is 76.9 cm³/mol. The van der Waals surface area contributed by atoms with Crippen molar-refractivity contribution in [1.29, 1.82) is 0 Å². The third-order valence-electron chi connectivity index (χ3n) is 4.62. The van der Waals surface area contributed by atoms with Gasteiger partial charge in [-0.2, -0.15) is 0 Å². The molecule has 2 heterocycles.